The van der Waals surface area contributed by atoms with E-state index in [0.717, 1.165) is 15.8 Å². The van der Waals surface area contributed by atoms with Gasteiger partial charge in [0.2, 0.25) is 53.2 Å². The first-order valence-electron chi connectivity index (χ1n) is 23.6. The predicted molar refractivity (Wildman–Crippen MR) is 259 cm³/mol. The standard InChI is InChI=1S/C48H67N11O13/c1-24(2)19-33(54-42(66)30(49)16-17-38(63)64)44(68)57-39(25(3)60)47(71)56-34(20-27-11-6-5-7-12-27)45(69)58-40(26(4)61)48(72)59-18-10-15-36(59)46(70)55-35(22-37(50)62)43(67)53-32(41(51)65)21-28-23-52-31-14-9-8-13-29(28)31/h5-9,11-14,23-26,30,32-36,39-40,52,60-61H,10,15-22,49H2,1-4H3,(H2,50,62)(H2,51,65)(H,53,67)(H,54,66)(H,55,70)(H,56,71)(H,57,68)(H,58,69)(H,63,64)/t25-,26-,30+,32+,33+,34+,35+,36+,39+,40+/m1/s1. The molecule has 1 fully saturated rings. The molecule has 1 aliphatic rings. The molecule has 1 aliphatic heterocycles. The highest BCUT2D eigenvalue weighted by Gasteiger charge is 2.42. The van der Waals surface area contributed by atoms with Gasteiger partial charge in [-0.3, -0.25) is 47.9 Å². The minimum absolute atomic E-state index is 0.0382. The molecular formula is C48H67N11O13. The molecule has 16 N–H and O–H groups in total. The van der Waals surface area contributed by atoms with Gasteiger partial charge in [-0.15, -0.1) is 0 Å². The summed E-state index contributed by atoms with van der Waals surface area (Å²) < 4.78 is 0. The van der Waals surface area contributed by atoms with E-state index in [0.29, 0.717) is 11.1 Å². The lowest BCUT2D eigenvalue weighted by atomic mass is 10.0. The number of nitrogens with one attached hydrogen (secondary N) is 7. The van der Waals surface area contributed by atoms with Crippen molar-refractivity contribution in [1.29, 1.82) is 0 Å². The van der Waals surface area contributed by atoms with Crippen LogP contribution in [0.15, 0.2) is 60.8 Å². The van der Waals surface area contributed by atoms with Gasteiger partial charge >= 0.3 is 5.97 Å². The average Bonchev–Trinajstić information content (AvgIpc) is 3.98. The third-order valence-corrected chi connectivity index (χ3v) is 12.0. The van der Waals surface area contributed by atoms with Crippen molar-refractivity contribution in [2.45, 2.75) is 140 Å². The van der Waals surface area contributed by atoms with Gasteiger partial charge in [0.05, 0.1) is 24.7 Å². The normalized spacial score (nSPS) is 17.2. The Labute approximate surface area is 415 Å². The maximum absolute atomic E-state index is 14.3. The summed E-state index contributed by atoms with van der Waals surface area (Å²) in [5, 5.41) is 46.3. The number of aliphatic hydroxyl groups is 2. The van der Waals surface area contributed by atoms with Gasteiger partial charge in [-0.2, -0.15) is 0 Å². The highest BCUT2D eigenvalue weighted by molar-refractivity contribution is 5.99. The van der Waals surface area contributed by atoms with Crippen molar-refractivity contribution in [2.75, 3.05) is 6.54 Å². The van der Waals surface area contributed by atoms with E-state index in [1.54, 1.807) is 56.4 Å². The Morgan fingerprint density at radius 1 is 0.694 bits per heavy atom. The highest BCUT2D eigenvalue weighted by Crippen LogP contribution is 2.22. The molecule has 2 aromatic carbocycles. The summed E-state index contributed by atoms with van der Waals surface area (Å²) in [4.78, 5) is 136. The molecular weight excluding hydrogens is 939 g/mol. The van der Waals surface area contributed by atoms with Gasteiger partial charge < -0.3 is 74.3 Å². The number of nitrogens with two attached hydrogens (primary N) is 3. The number of carboxylic acid groups (broad SMARTS) is 1. The van der Waals surface area contributed by atoms with Crippen LogP contribution < -0.4 is 49.1 Å². The van der Waals surface area contributed by atoms with Crippen LogP contribution >= 0.6 is 0 Å². The third kappa shape index (κ3) is 16.6. The van der Waals surface area contributed by atoms with Crippen LogP contribution in [0.5, 0.6) is 0 Å². The minimum Gasteiger partial charge on any atom is -0.481 e. The number of aromatic nitrogens is 1. The largest absolute Gasteiger partial charge is 0.481 e. The Balaban J connectivity index is 1.51. The van der Waals surface area contributed by atoms with Crippen molar-refractivity contribution in [3.8, 4) is 0 Å². The van der Waals surface area contributed by atoms with E-state index in [2.05, 4.69) is 36.9 Å². The van der Waals surface area contributed by atoms with E-state index in [4.69, 9.17) is 22.3 Å². The first-order chi connectivity index (χ1) is 34.0. The minimum atomic E-state index is -1.72. The molecule has 0 aliphatic carbocycles. The molecule has 1 aromatic heterocycles. The molecule has 0 radical (unpaired) electrons. The summed E-state index contributed by atoms with van der Waals surface area (Å²) >= 11 is 0. The van der Waals surface area contributed by atoms with Gasteiger partial charge in [-0.1, -0.05) is 62.4 Å². The number of carboxylic acids is 1. The number of benzene rings is 2. The molecule has 24 heteroatoms. The van der Waals surface area contributed by atoms with Crippen molar-refractivity contribution in [1.82, 2.24) is 41.8 Å². The van der Waals surface area contributed by atoms with E-state index in [1.807, 2.05) is 18.2 Å². The zero-order chi connectivity index (χ0) is 53.4. The van der Waals surface area contributed by atoms with Crippen molar-refractivity contribution in [3.63, 3.8) is 0 Å². The van der Waals surface area contributed by atoms with E-state index < -0.39 is 133 Å². The molecule has 392 valence electrons. The molecule has 1 saturated heterocycles. The number of nitrogens with zero attached hydrogens (tertiary/aromatic N) is 1. The van der Waals surface area contributed by atoms with Crippen molar-refractivity contribution < 1.29 is 63.3 Å². The second kappa shape index (κ2) is 26.7. The SMILES string of the molecule is CC(C)C[C@H](NC(=O)[C@@H](N)CCC(=O)O)C(=O)N[C@H](C(=O)N[C@@H](Cc1ccccc1)C(=O)N[C@H](C(=O)N1CCC[C@H]1C(=O)N[C@@H](CC(N)=O)C(=O)N[C@@H](Cc1c[nH]c2ccccc12)C(N)=O)[C@@H](C)O)[C@@H](C)O. The number of hydrogen-bond donors (Lipinski definition) is 13. The fraction of sp³-hybridized carbons (Fsp3) is 0.500. The first-order valence-corrected chi connectivity index (χ1v) is 23.6. The number of aliphatic carboxylic acids is 1. The summed E-state index contributed by atoms with van der Waals surface area (Å²) in [6.45, 7) is 5.89. The number of para-hydroxylation sites is 1. The Kier molecular flexibility index (Phi) is 21.2. The Bertz CT molecular complexity index is 2430. The summed E-state index contributed by atoms with van der Waals surface area (Å²) in [6.07, 6.45) is -2.68. The molecule has 0 spiro atoms. The number of hydrogen-bond acceptors (Lipinski definition) is 13. The van der Waals surface area contributed by atoms with Crippen LogP contribution in [0.4, 0.5) is 0 Å². The Hall–Kier alpha value is -7.44. The number of likely N-dealkylation sites (tertiary alicyclic amines) is 1. The number of aromatic amines is 1. The third-order valence-electron chi connectivity index (χ3n) is 12.0. The van der Waals surface area contributed by atoms with Crippen LogP contribution in [0.3, 0.4) is 0 Å². The fourth-order valence-electron chi connectivity index (χ4n) is 8.19. The zero-order valence-corrected chi connectivity index (χ0v) is 40.6. The number of carbonyl (C=O) groups excluding carboxylic acids is 9. The number of fused-ring (bicyclic) bond motifs is 1. The summed E-state index contributed by atoms with van der Waals surface area (Å²) in [5.74, 6) is -9.75. The van der Waals surface area contributed by atoms with Gasteiger partial charge in [0.25, 0.3) is 0 Å². The monoisotopic (exact) mass is 1010 g/mol. The fourth-order valence-corrected chi connectivity index (χ4v) is 8.19. The van der Waals surface area contributed by atoms with Crippen LogP contribution in [0.25, 0.3) is 10.9 Å². The highest BCUT2D eigenvalue weighted by atomic mass is 16.4. The van der Waals surface area contributed by atoms with Crippen LogP contribution in [0, 0.1) is 5.92 Å². The Morgan fingerprint density at radius 3 is 1.89 bits per heavy atom. The Morgan fingerprint density at radius 2 is 1.28 bits per heavy atom. The van der Waals surface area contributed by atoms with Gasteiger partial charge in [0.1, 0.15) is 42.3 Å². The van der Waals surface area contributed by atoms with Gasteiger partial charge in [0.15, 0.2) is 0 Å². The van der Waals surface area contributed by atoms with Crippen molar-refractivity contribution >= 4 is 70.0 Å². The number of primary amides is 2. The molecule has 0 saturated carbocycles. The summed E-state index contributed by atoms with van der Waals surface area (Å²) in [6, 6.07) is 3.90. The molecule has 9 amide bonds. The van der Waals surface area contributed by atoms with Gasteiger partial charge in [0, 0.05) is 42.9 Å². The van der Waals surface area contributed by atoms with E-state index in [9.17, 15) is 58.2 Å². The van der Waals surface area contributed by atoms with Crippen LogP contribution in [0.1, 0.15) is 77.3 Å². The van der Waals surface area contributed by atoms with Gasteiger partial charge in [-0.25, -0.2) is 0 Å². The molecule has 24 nitrogen and oxygen atoms in total. The lowest BCUT2D eigenvalue weighted by Gasteiger charge is -2.32. The lowest BCUT2D eigenvalue weighted by molar-refractivity contribution is -0.145. The summed E-state index contributed by atoms with van der Waals surface area (Å²) in [7, 11) is 0. The molecule has 3 aromatic rings. The topological polar surface area (TPSA) is 401 Å². The zero-order valence-electron chi connectivity index (χ0n) is 40.6. The number of aliphatic hydroxyl groups excluding tert-OH is 2. The average molecular weight is 1010 g/mol. The van der Waals surface area contributed by atoms with E-state index >= 15 is 0 Å². The van der Waals surface area contributed by atoms with Gasteiger partial charge in [-0.05, 0) is 62.6 Å². The van der Waals surface area contributed by atoms with Crippen molar-refractivity contribution in [3.05, 3.63) is 71.9 Å². The lowest BCUT2D eigenvalue weighted by Crippen LogP contribution is -2.63. The van der Waals surface area contributed by atoms with Crippen LogP contribution in [-0.4, -0.2) is 151 Å². The van der Waals surface area contributed by atoms with Crippen LogP contribution in [-0.2, 0) is 60.8 Å². The molecule has 0 bridgehead atoms. The molecule has 72 heavy (non-hydrogen) atoms. The predicted octanol–water partition coefficient (Wildman–Crippen LogP) is -2.79. The molecule has 4 rings (SSSR count). The first kappa shape index (κ1) is 57.1. The number of amides is 9. The maximum atomic E-state index is 14.3. The maximum Gasteiger partial charge on any atom is 0.303 e. The van der Waals surface area contributed by atoms with E-state index in [1.165, 1.54) is 13.8 Å². The number of rotatable bonds is 27. The molecule has 2 heterocycles. The quantitative estimate of drug-likeness (QED) is 0.0368. The van der Waals surface area contributed by atoms with Crippen LogP contribution in [0.2, 0.25) is 0 Å². The smallest absolute Gasteiger partial charge is 0.303 e. The van der Waals surface area contributed by atoms with E-state index in [-0.39, 0.29) is 51.0 Å². The number of carbonyl (C=O) groups is 10. The second-order valence-corrected chi connectivity index (χ2v) is 18.4. The summed E-state index contributed by atoms with van der Waals surface area (Å²) in [5.41, 5.74) is 18.9. The molecule has 10 atom stereocenters. The number of H-pyrrole nitrogens is 1. The second-order valence-electron chi connectivity index (χ2n) is 18.4. The van der Waals surface area contributed by atoms with Crippen molar-refractivity contribution in [2.24, 2.45) is 23.1 Å². The molecule has 0 unspecified atom stereocenters.